The summed E-state index contributed by atoms with van der Waals surface area (Å²) in [6.45, 7) is 6.10. The van der Waals surface area contributed by atoms with Gasteiger partial charge in [0.1, 0.15) is 6.07 Å². The number of aryl methyl sites for hydroxylation is 3. The first-order valence-corrected chi connectivity index (χ1v) is 4.63. The summed E-state index contributed by atoms with van der Waals surface area (Å²) in [5, 5.41) is 10.0. The first kappa shape index (κ1) is 8.83. The van der Waals surface area contributed by atoms with Crippen LogP contribution in [-0.2, 0) is 0 Å². The molecular formula is C12H12N2. The van der Waals surface area contributed by atoms with Gasteiger partial charge in [0, 0.05) is 11.1 Å². The third kappa shape index (κ3) is 1.03. The van der Waals surface area contributed by atoms with Gasteiger partial charge in [0.2, 0.25) is 0 Å². The van der Waals surface area contributed by atoms with E-state index in [1.807, 2.05) is 13.0 Å². The summed E-state index contributed by atoms with van der Waals surface area (Å²) >= 11 is 0. The molecule has 70 valence electrons. The summed E-state index contributed by atoms with van der Waals surface area (Å²) in [5.74, 6) is 0. The first-order chi connectivity index (χ1) is 6.65. The van der Waals surface area contributed by atoms with Crippen LogP contribution in [0.4, 0.5) is 0 Å². The minimum Gasteiger partial charge on any atom is -0.357 e. The molecule has 2 aromatic rings. The van der Waals surface area contributed by atoms with Crippen LogP contribution in [0.25, 0.3) is 10.9 Å². The molecule has 0 aliphatic heterocycles. The fourth-order valence-electron chi connectivity index (χ4n) is 1.78. The molecule has 0 bridgehead atoms. The van der Waals surface area contributed by atoms with Gasteiger partial charge in [-0.3, -0.25) is 0 Å². The van der Waals surface area contributed by atoms with E-state index in [0.717, 1.165) is 22.2 Å². The maximum atomic E-state index is 9.00. The average molecular weight is 184 g/mol. The van der Waals surface area contributed by atoms with Crippen LogP contribution >= 0.6 is 0 Å². The van der Waals surface area contributed by atoms with Crippen LogP contribution in [0.2, 0.25) is 0 Å². The van der Waals surface area contributed by atoms with Crippen LogP contribution in [0.15, 0.2) is 12.1 Å². The molecule has 0 aliphatic carbocycles. The Bertz CT molecular complexity index is 541. The Morgan fingerprint density at radius 2 is 1.93 bits per heavy atom. The third-order valence-electron chi connectivity index (χ3n) is 2.80. The highest BCUT2D eigenvalue weighted by atomic mass is 14.7. The predicted octanol–water partition coefficient (Wildman–Crippen LogP) is 2.96. The molecule has 1 aromatic heterocycles. The zero-order chi connectivity index (χ0) is 10.3. The average Bonchev–Trinajstić information content (AvgIpc) is 2.49. The number of aromatic nitrogens is 1. The van der Waals surface area contributed by atoms with E-state index in [-0.39, 0.29) is 0 Å². The van der Waals surface area contributed by atoms with Gasteiger partial charge in [-0.25, -0.2) is 0 Å². The van der Waals surface area contributed by atoms with Gasteiger partial charge in [0.25, 0.3) is 0 Å². The highest BCUT2D eigenvalue weighted by Crippen LogP contribution is 2.25. The molecule has 0 atom stereocenters. The standard InChI is InChI=1S/C12H12N2/c1-7-4-5-10-11(6-13)9(3)14-12(10)8(7)2/h4-5,14H,1-3H3. The molecular weight excluding hydrogens is 172 g/mol. The lowest BCUT2D eigenvalue weighted by molar-refractivity contribution is 1.26. The quantitative estimate of drug-likeness (QED) is 0.671. The molecule has 2 rings (SSSR count). The van der Waals surface area contributed by atoms with Crippen molar-refractivity contribution in [3.05, 3.63) is 34.5 Å². The summed E-state index contributed by atoms with van der Waals surface area (Å²) < 4.78 is 0. The van der Waals surface area contributed by atoms with Gasteiger partial charge in [-0.05, 0) is 31.9 Å². The molecule has 1 aromatic carbocycles. The van der Waals surface area contributed by atoms with Crippen molar-refractivity contribution >= 4 is 10.9 Å². The van der Waals surface area contributed by atoms with Crippen LogP contribution in [0.3, 0.4) is 0 Å². The predicted molar refractivity (Wildman–Crippen MR) is 57.2 cm³/mol. The first-order valence-electron chi connectivity index (χ1n) is 4.63. The van der Waals surface area contributed by atoms with E-state index < -0.39 is 0 Å². The zero-order valence-corrected chi connectivity index (χ0v) is 8.60. The van der Waals surface area contributed by atoms with E-state index in [9.17, 15) is 0 Å². The van der Waals surface area contributed by atoms with Crippen LogP contribution in [-0.4, -0.2) is 4.98 Å². The molecule has 0 saturated heterocycles. The lowest BCUT2D eigenvalue weighted by Gasteiger charge is -2.00. The molecule has 0 saturated carbocycles. The molecule has 0 fully saturated rings. The number of nitrogens with one attached hydrogen (secondary N) is 1. The van der Waals surface area contributed by atoms with E-state index >= 15 is 0 Å². The number of hydrogen-bond acceptors (Lipinski definition) is 1. The Kier molecular flexibility index (Phi) is 1.82. The molecule has 0 amide bonds. The van der Waals surface area contributed by atoms with Crippen molar-refractivity contribution in [2.75, 3.05) is 0 Å². The second-order valence-corrected chi connectivity index (χ2v) is 3.67. The number of H-pyrrole nitrogens is 1. The smallest absolute Gasteiger partial charge is 0.102 e. The topological polar surface area (TPSA) is 39.6 Å². The van der Waals surface area contributed by atoms with Gasteiger partial charge in [-0.1, -0.05) is 12.1 Å². The second kappa shape index (κ2) is 2.88. The SMILES string of the molecule is Cc1ccc2c(C#N)c(C)[nH]c2c1C. The van der Waals surface area contributed by atoms with Gasteiger partial charge in [0.05, 0.1) is 11.1 Å². The summed E-state index contributed by atoms with van der Waals surface area (Å²) in [6.07, 6.45) is 0. The highest BCUT2D eigenvalue weighted by molar-refractivity contribution is 5.90. The number of fused-ring (bicyclic) bond motifs is 1. The molecule has 2 heteroatoms. The van der Waals surface area contributed by atoms with Gasteiger partial charge >= 0.3 is 0 Å². The molecule has 0 spiro atoms. The molecule has 0 radical (unpaired) electrons. The summed E-state index contributed by atoms with van der Waals surface area (Å²) in [7, 11) is 0. The maximum Gasteiger partial charge on any atom is 0.102 e. The fourth-order valence-corrected chi connectivity index (χ4v) is 1.78. The molecule has 2 nitrogen and oxygen atoms in total. The van der Waals surface area contributed by atoms with Crippen LogP contribution in [0, 0.1) is 32.1 Å². The minimum absolute atomic E-state index is 0.767. The molecule has 1 N–H and O–H groups in total. The second-order valence-electron chi connectivity index (χ2n) is 3.67. The van der Waals surface area contributed by atoms with E-state index in [4.69, 9.17) is 5.26 Å². The van der Waals surface area contributed by atoms with Crippen molar-refractivity contribution in [2.24, 2.45) is 0 Å². The Balaban J connectivity index is 2.96. The Morgan fingerprint density at radius 1 is 1.21 bits per heavy atom. The third-order valence-corrected chi connectivity index (χ3v) is 2.80. The zero-order valence-electron chi connectivity index (χ0n) is 8.60. The van der Waals surface area contributed by atoms with Crippen molar-refractivity contribution in [2.45, 2.75) is 20.8 Å². The number of nitrogens with zero attached hydrogens (tertiary/aromatic N) is 1. The lowest BCUT2D eigenvalue weighted by atomic mass is 10.0. The van der Waals surface area contributed by atoms with Gasteiger partial charge in [-0.2, -0.15) is 5.26 Å². The fraction of sp³-hybridized carbons (Fsp3) is 0.250. The molecule has 1 heterocycles. The van der Waals surface area contributed by atoms with Gasteiger partial charge < -0.3 is 4.98 Å². The number of benzene rings is 1. The molecule has 0 unspecified atom stereocenters. The maximum absolute atomic E-state index is 9.00. The number of hydrogen-bond donors (Lipinski definition) is 1. The van der Waals surface area contributed by atoms with Crippen molar-refractivity contribution < 1.29 is 0 Å². The van der Waals surface area contributed by atoms with E-state index in [1.165, 1.54) is 11.1 Å². The van der Waals surface area contributed by atoms with Crippen LogP contribution in [0.1, 0.15) is 22.4 Å². The highest BCUT2D eigenvalue weighted by Gasteiger charge is 2.09. The summed E-state index contributed by atoms with van der Waals surface area (Å²) in [6, 6.07) is 6.31. The summed E-state index contributed by atoms with van der Waals surface area (Å²) in [4.78, 5) is 3.26. The van der Waals surface area contributed by atoms with Crippen molar-refractivity contribution in [3.63, 3.8) is 0 Å². The van der Waals surface area contributed by atoms with Crippen LogP contribution in [0.5, 0.6) is 0 Å². The number of nitriles is 1. The molecule has 0 aliphatic rings. The minimum atomic E-state index is 0.767. The Hall–Kier alpha value is -1.75. The number of aromatic amines is 1. The summed E-state index contributed by atoms with van der Waals surface area (Å²) in [5.41, 5.74) is 5.30. The van der Waals surface area contributed by atoms with Crippen LogP contribution < -0.4 is 0 Å². The number of rotatable bonds is 0. The van der Waals surface area contributed by atoms with Crippen molar-refractivity contribution in [3.8, 4) is 6.07 Å². The van der Waals surface area contributed by atoms with Gasteiger partial charge in [-0.15, -0.1) is 0 Å². The molecule has 14 heavy (non-hydrogen) atoms. The Morgan fingerprint density at radius 3 is 2.57 bits per heavy atom. The van der Waals surface area contributed by atoms with Crippen molar-refractivity contribution in [1.29, 1.82) is 5.26 Å². The van der Waals surface area contributed by atoms with E-state index in [0.29, 0.717) is 0 Å². The van der Waals surface area contributed by atoms with Crippen molar-refractivity contribution in [1.82, 2.24) is 4.98 Å². The monoisotopic (exact) mass is 184 g/mol. The van der Waals surface area contributed by atoms with E-state index in [2.05, 4.69) is 31.0 Å². The lowest BCUT2D eigenvalue weighted by Crippen LogP contribution is -1.81. The van der Waals surface area contributed by atoms with E-state index in [1.54, 1.807) is 0 Å². The Labute approximate surface area is 83.2 Å². The largest absolute Gasteiger partial charge is 0.357 e. The normalized spacial score (nSPS) is 10.4. The van der Waals surface area contributed by atoms with Gasteiger partial charge in [0.15, 0.2) is 0 Å².